The van der Waals surface area contributed by atoms with Crippen molar-refractivity contribution in [2.45, 2.75) is 26.1 Å². The molecule has 2 aromatic carbocycles. The van der Waals surface area contributed by atoms with E-state index in [9.17, 15) is 0 Å². The van der Waals surface area contributed by atoms with E-state index in [1.807, 2.05) is 18.2 Å². The van der Waals surface area contributed by atoms with Crippen molar-refractivity contribution in [2.75, 3.05) is 13.7 Å². The molecule has 0 spiro atoms. The third-order valence-electron chi connectivity index (χ3n) is 6.75. The molecule has 1 N–H and O–H groups in total. The molecule has 182 valence electrons. The maximum Gasteiger partial charge on any atom is 0.179 e. The number of halogens is 2. The van der Waals surface area contributed by atoms with Crippen LogP contribution in [0.25, 0.3) is 22.3 Å². The molecular weight excluding hydrogens is 493 g/mol. The van der Waals surface area contributed by atoms with E-state index in [-0.39, 0.29) is 0 Å². The van der Waals surface area contributed by atoms with Crippen LogP contribution in [-0.4, -0.2) is 38.1 Å². The molecular formula is C28H25Cl2N5O. The molecule has 0 fully saturated rings. The van der Waals surface area contributed by atoms with Crippen LogP contribution >= 0.6 is 23.2 Å². The Hall–Kier alpha value is -3.32. The van der Waals surface area contributed by atoms with Crippen LogP contribution in [0.15, 0.2) is 66.9 Å². The van der Waals surface area contributed by atoms with Crippen molar-refractivity contribution in [1.82, 2.24) is 24.4 Å². The van der Waals surface area contributed by atoms with Gasteiger partial charge in [-0.1, -0.05) is 53.5 Å². The van der Waals surface area contributed by atoms with Gasteiger partial charge in [0, 0.05) is 49.1 Å². The molecule has 1 aliphatic rings. The largest absolute Gasteiger partial charge is 0.497 e. The number of rotatable bonds is 6. The van der Waals surface area contributed by atoms with E-state index in [1.54, 1.807) is 13.2 Å². The van der Waals surface area contributed by atoms with Crippen LogP contribution in [0.5, 0.6) is 5.75 Å². The van der Waals surface area contributed by atoms with Gasteiger partial charge in [-0.05, 0) is 41.5 Å². The topological polar surface area (TPSA) is 59.0 Å². The normalized spacial score (nSPS) is 13.8. The van der Waals surface area contributed by atoms with Crippen LogP contribution in [0.4, 0.5) is 0 Å². The van der Waals surface area contributed by atoms with E-state index in [1.165, 1.54) is 16.8 Å². The van der Waals surface area contributed by atoms with Crippen LogP contribution in [0.3, 0.4) is 0 Å². The van der Waals surface area contributed by atoms with Crippen molar-refractivity contribution in [3.8, 4) is 16.9 Å². The lowest BCUT2D eigenvalue weighted by molar-refractivity contribution is 0.238. The summed E-state index contributed by atoms with van der Waals surface area (Å²) >= 11 is 12.8. The molecule has 5 aromatic rings. The van der Waals surface area contributed by atoms with E-state index < -0.39 is 0 Å². The van der Waals surface area contributed by atoms with Gasteiger partial charge in [0.2, 0.25) is 0 Å². The molecule has 0 unspecified atom stereocenters. The van der Waals surface area contributed by atoms with Crippen molar-refractivity contribution >= 4 is 34.4 Å². The van der Waals surface area contributed by atoms with Gasteiger partial charge in [-0.15, -0.1) is 0 Å². The summed E-state index contributed by atoms with van der Waals surface area (Å²) in [5, 5.41) is 1.13. The quantitative estimate of drug-likeness (QED) is 0.266. The zero-order valence-electron chi connectivity index (χ0n) is 19.8. The summed E-state index contributed by atoms with van der Waals surface area (Å²) in [5.41, 5.74) is 7.66. The highest BCUT2D eigenvalue weighted by Crippen LogP contribution is 2.38. The molecule has 3 aromatic heterocycles. The highest BCUT2D eigenvalue weighted by atomic mass is 35.5. The van der Waals surface area contributed by atoms with Gasteiger partial charge in [0.25, 0.3) is 0 Å². The molecule has 36 heavy (non-hydrogen) atoms. The summed E-state index contributed by atoms with van der Waals surface area (Å²) in [6.45, 7) is 3.27. The highest BCUT2D eigenvalue weighted by molar-refractivity contribution is 6.33. The first-order valence-electron chi connectivity index (χ1n) is 11.9. The predicted molar refractivity (Wildman–Crippen MR) is 144 cm³/mol. The molecule has 0 atom stereocenters. The number of H-pyrrole nitrogens is 1. The second kappa shape index (κ2) is 9.62. The highest BCUT2D eigenvalue weighted by Gasteiger charge is 2.26. The number of fused-ring (bicyclic) bond motifs is 2. The number of pyridine rings is 1. The Morgan fingerprint density at radius 3 is 2.64 bits per heavy atom. The number of ether oxygens (including phenoxy) is 1. The van der Waals surface area contributed by atoms with Crippen molar-refractivity contribution in [1.29, 1.82) is 0 Å². The van der Waals surface area contributed by atoms with Crippen LogP contribution in [-0.2, 0) is 26.1 Å². The van der Waals surface area contributed by atoms with E-state index >= 15 is 0 Å². The number of methoxy groups -OCH3 is 1. The zero-order valence-corrected chi connectivity index (χ0v) is 21.4. The van der Waals surface area contributed by atoms with E-state index in [2.05, 4.69) is 67.0 Å². The first-order chi connectivity index (χ1) is 17.6. The van der Waals surface area contributed by atoms with Gasteiger partial charge >= 0.3 is 0 Å². The number of benzene rings is 2. The minimum absolute atomic E-state index is 0.448. The Morgan fingerprint density at radius 1 is 0.972 bits per heavy atom. The average molecular weight is 518 g/mol. The number of hydrogen-bond acceptors (Lipinski definition) is 4. The maximum absolute atomic E-state index is 6.74. The lowest BCUT2D eigenvalue weighted by Gasteiger charge is -2.28. The van der Waals surface area contributed by atoms with E-state index in [0.29, 0.717) is 22.4 Å². The Balaban J connectivity index is 1.35. The molecule has 6 rings (SSSR count). The fourth-order valence-corrected chi connectivity index (χ4v) is 5.43. The number of nitrogens with one attached hydrogen (secondary N) is 1. The van der Waals surface area contributed by atoms with Gasteiger partial charge < -0.3 is 14.3 Å². The fraction of sp³-hybridized carbons (Fsp3) is 0.214. The molecule has 0 saturated carbocycles. The van der Waals surface area contributed by atoms with Gasteiger partial charge in [0.1, 0.15) is 16.7 Å². The standard InChI is InChI=1S/C28H25Cl2N5O/c1-36-19-7-8-20(23(29)13-19)21-16-35(14-18-5-3-2-4-6-18)25-11-12-34(15-22(21)25)17-27-31-24-9-10-26(30)32-28(24)33-27/h2-10,13,16H,11-12,14-15,17H2,1H3,(H,31,32,33). The lowest BCUT2D eigenvalue weighted by atomic mass is 9.98. The number of aromatic nitrogens is 4. The van der Waals surface area contributed by atoms with E-state index in [0.717, 1.165) is 54.3 Å². The number of aromatic amines is 1. The predicted octanol–water partition coefficient (Wildman–Crippen LogP) is 6.35. The molecule has 8 heteroatoms. The summed E-state index contributed by atoms with van der Waals surface area (Å²) in [7, 11) is 1.66. The van der Waals surface area contributed by atoms with Crippen molar-refractivity contribution in [3.63, 3.8) is 0 Å². The third kappa shape index (κ3) is 4.48. The van der Waals surface area contributed by atoms with Crippen molar-refractivity contribution < 1.29 is 4.74 Å². The minimum atomic E-state index is 0.448. The summed E-state index contributed by atoms with van der Waals surface area (Å²) in [6, 6.07) is 20.2. The number of nitrogens with zero attached hydrogens (tertiary/aromatic N) is 4. The maximum atomic E-state index is 6.74. The number of hydrogen-bond donors (Lipinski definition) is 1. The Kier molecular flexibility index (Phi) is 6.17. The smallest absolute Gasteiger partial charge is 0.179 e. The summed E-state index contributed by atoms with van der Waals surface area (Å²) in [4.78, 5) is 14.8. The van der Waals surface area contributed by atoms with Crippen LogP contribution in [0.2, 0.25) is 10.2 Å². The second-order valence-electron chi connectivity index (χ2n) is 9.08. The van der Waals surface area contributed by atoms with Crippen LogP contribution < -0.4 is 4.74 Å². The monoisotopic (exact) mass is 517 g/mol. The zero-order chi connectivity index (χ0) is 24.6. The van der Waals surface area contributed by atoms with Crippen LogP contribution in [0, 0.1) is 0 Å². The molecule has 0 amide bonds. The molecule has 0 aliphatic carbocycles. The van der Waals surface area contributed by atoms with Crippen LogP contribution in [0.1, 0.15) is 22.6 Å². The summed E-state index contributed by atoms with van der Waals surface area (Å²) in [5.74, 6) is 1.64. The van der Waals surface area contributed by atoms with Gasteiger partial charge in [-0.3, -0.25) is 4.90 Å². The lowest BCUT2D eigenvalue weighted by Crippen LogP contribution is -2.31. The summed E-state index contributed by atoms with van der Waals surface area (Å²) < 4.78 is 7.76. The molecule has 0 radical (unpaired) electrons. The van der Waals surface area contributed by atoms with Crippen molar-refractivity contribution in [2.24, 2.45) is 0 Å². The molecule has 1 aliphatic heterocycles. The van der Waals surface area contributed by atoms with Crippen molar-refractivity contribution in [3.05, 3.63) is 99.7 Å². The molecule has 0 saturated heterocycles. The Bertz CT molecular complexity index is 1540. The summed E-state index contributed by atoms with van der Waals surface area (Å²) in [6.07, 6.45) is 3.20. The van der Waals surface area contributed by atoms with E-state index in [4.69, 9.17) is 27.9 Å². The second-order valence-corrected chi connectivity index (χ2v) is 9.87. The van der Waals surface area contributed by atoms with Gasteiger partial charge in [-0.2, -0.15) is 0 Å². The SMILES string of the molecule is COc1ccc(-c2cn(Cc3ccccc3)c3c2CN(Cc2nc4nc(Cl)ccc4[nH]2)CC3)c(Cl)c1. The molecule has 6 nitrogen and oxygen atoms in total. The minimum Gasteiger partial charge on any atom is -0.497 e. The molecule has 0 bridgehead atoms. The number of imidazole rings is 1. The Morgan fingerprint density at radius 2 is 1.83 bits per heavy atom. The van der Waals surface area contributed by atoms with Gasteiger partial charge in [-0.25, -0.2) is 9.97 Å². The molecule has 4 heterocycles. The van der Waals surface area contributed by atoms with Gasteiger partial charge in [0.05, 0.1) is 24.2 Å². The first kappa shape index (κ1) is 23.1. The average Bonchev–Trinajstić information content (AvgIpc) is 3.44. The first-order valence-corrected chi connectivity index (χ1v) is 12.6. The van der Waals surface area contributed by atoms with Gasteiger partial charge in [0.15, 0.2) is 5.65 Å². The third-order valence-corrected chi connectivity index (χ3v) is 7.27. The Labute approximate surface area is 219 Å². The fourth-order valence-electron chi connectivity index (χ4n) is 5.01.